The first-order chi connectivity index (χ1) is 14.0. The van der Waals surface area contributed by atoms with E-state index < -0.39 is 15.8 Å². The van der Waals surface area contributed by atoms with E-state index in [2.05, 4.69) is 6.07 Å². The molecule has 1 aromatic rings. The molecule has 0 radical (unpaired) electrons. The zero-order valence-corrected chi connectivity index (χ0v) is 18.4. The molecular formula is C21H32N2O5S. The fraction of sp³-hybridized carbons (Fsp3) is 0.714. The Morgan fingerprint density at radius 2 is 1.97 bits per heavy atom. The monoisotopic (exact) mass is 424 g/mol. The van der Waals surface area contributed by atoms with Gasteiger partial charge >= 0.3 is 0 Å². The smallest absolute Gasteiger partial charge is 0.281 e. The normalized spacial score (nSPS) is 26.6. The summed E-state index contributed by atoms with van der Waals surface area (Å²) in [5.74, 6) is 1.71. The maximum atomic E-state index is 13.0. The lowest BCUT2D eigenvalue weighted by Crippen LogP contribution is -2.59. The van der Waals surface area contributed by atoms with Crippen LogP contribution < -0.4 is 9.47 Å². The van der Waals surface area contributed by atoms with Crippen LogP contribution in [0.1, 0.15) is 51.2 Å². The summed E-state index contributed by atoms with van der Waals surface area (Å²) in [7, 11) is -1.78. The summed E-state index contributed by atoms with van der Waals surface area (Å²) < 4.78 is 47.6. The summed E-state index contributed by atoms with van der Waals surface area (Å²) in [5, 5.41) is 0. The summed E-state index contributed by atoms with van der Waals surface area (Å²) in [4.78, 5) is 0. The van der Waals surface area contributed by atoms with Gasteiger partial charge in [-0.05, 0) is 18.9 Å². The quantitative estimate of drug-likeness (QED) is 0.727. The fourth-order valence-corrected chi connectivity index (χ4v) is 6.84. The summed E-state index contributed by atoms with van der Waals surface area (Å²) >= 11 is 0. The predicted octanol–water partition coefficient (Wildman–Crippen LogP) is 2.98. The third-order valence-corrected chi connectivity index (χ3v) is 8.95. The Kier molecular flexibility index (Phi) is 5.81. The standard InChI is InChI=1S/C21H32N2O5S/c1-4-22(5-2)29(24,25)23-13-11-21(12-14-23)17-9-7-15-27-19(17)16-8-6-10-18(26-3)20(16)28-21/h6,8,10,17,19H,4-5,7,9,11-15H2,1-3H3/t17-,19+/m0/s1. The van der Waals surface area contributed by atoms with E-state index in [4.69, 9.17) is 14.2 Å². The van der Waals surface area contributed by atoms with E-state index in [1.165, 1.54) is 4.31 Å². The molecule has 162 valence electrons. The average molecular weight is 425 g/mol. The van der Waals surface area contributed by atoms with E-state index in [-0.39, 0.29) is 12.0 Å². The molecule has 0 N–H and O–H groups in total. The number of nitrogens with zero attached hydrogens (tertiary/aromatic N) is 2. The Hall–Kier alpha value is -1.35. The molecule has 3 aliphatic heterocycles. The number of ether oxygens (including phenoxy) is 3. The lowest BCUT2D eigenvalue weighted by atomic mass is 9.70. The van der Waals surface area contributed by atoms with Gasteiger partial charge in [0.15, 0.2) is 11.5 Å². The minimum absolute atomic E-state index is 0.0199. The maximum Gasteiger partial charge on any atom is 0.281 e. The van der Waals surface area contributed by atoms with Crippen LogP contribution in [0.15, 0.2) is 18.2 Å². The number of para-hydroxylation sites is 1. The van der Waals surface area contributed by atoms with Crippen LogP contribution in [-0.2, 0) is 14.9 Å². The number of hydrogen-bond donors (Lipinski definition) is 0. The molecular weight excluding hydrogens is 392 g/mol. The maximum absolute atomic E-state index is 13.0. The van der Waals surface area contributed by atoms with Crippen LogP contribution in [-0.4, -0.2) is 62.5 Å². The van der Waals surface area contributed by atoms with Gasteiger partial charge in [0.2, 0.25) is 0 Å². The van der Waals surface area contributed by atoms with Gasteiger partial charge in [0.05, 0.1) is 13.2 Å². The Labute approximate surface area is 174 Å². The summed E-state index contributed by atoms with van der Waals surface area (Å²) in [6, 6.07) is 5.95. The van der Waals surface area contributed by atoms with E-state index in [1.54, 1.807) is 11.4 Å². The van der Waals surface area contributed by atoms with Crippen LogP contribution in [0.4, 0.5) is 0 Å². The van der Waals surface area contributed by atoms with E-state index in [1.807, 2.05) is 26.0 Å². The van der Waals surface area contributed by atoms with Crippen molar-refractivity contribution in [3.8, 4) is 11.5 Å². The largest absolute Gasteiger partial charge is 0.493 e. The number of hydrogen-bond acceptors (Lipinski definition) is 5. The van der Waals surface area contributed by atoms with Crippen molar-refractivity contribution in [1.29, 1.82) is 0 Å². The summed E-state index contributed by atoms with van der Waals surface area (Å²) in [6.07, 6.45) is 3.34. The molecule has 3 heterocycles. The first kappa shape index (κ1) is 20.9. The highest BCUT2D eigenvalue weighted by Gasteiger charge is 2.54. The molecule has 0 amide bonds. The molecule has 4 rings (SSSR count). The second-order valence-electron chi connectivity index (χ2n) is 8.08. The molecule has 7 nitrogen and oxygen atoms in total. The third kappa shape index (κ3) is 3.44. The van der Waals surface area contributed by atoms with Crippen molar-refractivity contribution >= 4 is 10.2 Å². The molecule has 2 saturated heterocycles. The number of rotatable bonds is 5. The van der Waals surface area contributed by atoms with Gasteiger partial charge in [-0.2, -0.15) is 17.0 Å². The number of piperidine rings is 1. The number of benzene rings is 1. The lowest BCUT2D eigenvalue weighted by Gasteiger charge is -2.53. The molecule has 1 aromatic carbocycles. The molecule has 0 unspecified atom stereocenters. The highest BCUT2D eigenvalue weighted by atomic mass is 32.2. The van der Waals surface area contributed by atoms with Crippen LogP contribution in [0.2, 0.25) is 0 Å². The Bertz CT molecular complexity index is 831. The van der Waals surface area contributed by atoms with Crippen molar-refractivity contribution in [2.75, 3.05) is 39.9 Å². The second kappa shape index (κ2) is 8.06. The minimum Gasteiger partial charge on any atom is -0.493 e. The van der Waals surface area contributed by atoms with E-state index in [9.17, 15) is 8.42 Å². The van der Waals surface area contributed by atoms with Crippen LogP contribution >= 0.6 is 0 Å². The zero-order chi connectivity index (χ0) is 20.6. The van der Waals surface area contributed by atoms with Crippen molar-refractivity contribution in [2.45, 2.75) is 51.2 Å². The molecule has 8 heteroatoms. The van der Waals surface area contributed by atoms with Crippen molar-refractivity contribution in [3.63, 3.8) is 0 Å². The van der Waals surface area contributed by atoms with Gasteiger partial charge in [-0.15, -0.1) is 0 Å². The van der Waals surface area contributed by atoms with Crippen LogP contribution in [0.5, 0.6) is 11.5 Å². The SMILES string of the molecule is CCN(CC)S(=O)(=O)N1CCC2(CC1)Oc1c(OC)cccc1[C@H]1OCCC[C@@H]12. The average Bonchev–Trinajstić information content (AvgIpc) is 2.75. The minimum atomic E-state index is -3.43. The van der Waals surface area contributed by atoms with Crippen molar-refractivity contribution < 1.29 is 22.6 Å². The molecule has 2 atom stereocenters. The van der Waals surface area contributed by atoms with E-state index in [0.717, 1.165) is 30.8 Å². The Morgan fingerprint density at radius 1 is 1.24 bits per heavy atom. The van der Waals surface area contributed by atoms with Gasteiger partial charge in [0.1, 0.15) is 5.60 Å². The molecule has 3 aliphatic rings. The first-order valence-electron chi connectivity index (χ1n) is 10.7. The van der Waals surface area contributed by atoms with Gasteiger partial charge in [0.25, 0.3) is 10.2 Å². The van der Waals surface area contributed by atoms with Gasteiger partial charge < -0.3 is 14.2 Å². The van der Waals surface area contributed by atoms with Crippen LogP contribution in [0.3, 0.4) is 0 Å². The zero-order valence-electron chi connectivity index (χ0n) is 17.6. The lowest BCUT2D eigenvalue weighted by molar-refractivity contribution is -0.146. The van der Waals surface area contributed by atoms with Crippen molar-refractivity contribution in [1.82, 2.24) is 8.61 Å². The highest BCUT2D eigenvalue weighted by Crippen LogP contribution is 2.55. The van der Waals surface area contributed by atoms with Crippen molar-refractivity contribution in [2.24, 2.45) is 5.92 Å². The Balaban J connectivity index is 1.63. The first-order valence-corrected chi connectivity index (χ1v) is 12.1. The third-order valence-electron chi connectivity index (χ3n) is 6.77. The van der Waals surface area contributed by atoms with Crippen LogP contribution in [0, 0.1) is 5.92 Å². The molecule has 0 aromatic heterocycles. The summed E-state index contributed by atoms with van der Waals surface area (Å²) in [6.45, 7) is 6.41. The number of methoxy groups -OCH3 is 1. The Morgan fingerprint density at radius 3 is 2.62 bits per heavy atom. The predicted molar refractivity (Wildman–Crippen MR) is 110 cm³/mol. The van der Waals surface area contributed by atoms with Gasteiger partial charge in [-0.1, -0.05) is 26.0 Å². The molecule has 1 spiro atoms. The topological polar surface area (TPSA) is 68.3 Å². The van der Waals surface area contributed by atoms with Crippen LogP contribution in [0.25, 0.3) is 0 Å². The molecule has 0 saturated carbocycles. The molecule has 29 heavy (non-hydrogen) atoms. The highest BCUT2D eigenvalue weighted by molar-refractivity contribution is 7.86. The molecule has 2 fully saturated rings. The van der Waals surface area contributed by atoms with E-state index in [0.29, 0.717) is 44.8 Å². The number of fused-ring (bicyclic) bond motifs is 4. The van der Waals surface area contributed by atoms with E-state index >= 15 is 0 Å². The molecule has 0 bridgehead atoms. The van der Waals surface area contributed by atoms with Gasteiger partial charge in [-0.25, -0.2) is 0 Å². The van der Waals surface area contributed by atoms with Gasteiger partial charge in [-0.3, -0.25) is 0 Å². The second-order valence-corrected chi connectivity index (χ2v) is 10.0. The fourth-order valence-electron chi connectivity index (χ4n) is 5.21. The van der Waals surface area contributed by atoms with Gasteiger partial charge in [0, 0.05) is 57.1 Å². The summed E-state index contributed by atoms with van der Waals surface area (Å²) in [5.41, 5.74) is 0.639. The molecule has 0 aliphatic carbocycles. The van der Waals surface area contributed by atoms with Crippen molar-refractivity contribution in [3.05, 3.63) is 23.8 Å².